The van der Waals surface area contributed by atoms with E-state index in [1.807, 2.05) is 20.8 Å². The lowest BCUT2D eigenvalue weighted by molar-refractivity contribution is 0.626. The van der Waals surface area contributed by atoms with Crippen molar-refractivity contribution in [2.45, 2.75) is 67.7 Å². The maximum atomic E-state index is 3.72. The molecule has 1 N–H and O–H groups in total. The molecule has 0 aromatic heterocycles. The quantitative estimate of drug-likeness (QED) is 0.637. The molecular formula is C14H33N. The van der Waals surface area contributed by atoms with Crippen molar-refractivity contribution in [1.82, 2.24) is 5.32 Å². The average Bonchev–Trinajstić information content (AvgIpc) is 2.21. The molecule has 0 aromatic rings. The van der Waals surface area contributed by atoms with Gasteiger partial charge in [-0.1, -0.05) is 61.0 Å². The highest BCUT2D eigenvalue weighted by Gasteiger charge is 1.81. The molecular weight excluding hydrogens is 182 g/mol. The Morgan fingerprint density at radius 3 is 1.80 bits per heavy atom. The summed E-state index contributed by atoms with van der Waals surface area (Å²) in [6, 6.07) is 0. The Kier molecular flexibility index (Phi) is 25.6. The topological polar surface area (TPSA) is 12.0 Å². The fraction of sp³-hybridized carbons (Fsp3) is 0.857. The molecule has 0 saturated heterocycles. The van der Waals surface area contributed by atoms with Gasteiger partial charge in [-0.3, -0.25) is 0 Å². The van der Waals surface area contributed by atoms with Crippen LogP contribution in [-0.2, 0) is 0 Å². The summed E-state index contributed by atoms with van der Waals surface area (Å²) in [4.78, 5) is 0. The highest BCUT2D eigenvalue weighted by atomic mass is 14.9. The molecule has 0 saturated carbocycles. The van der Waals surface area contributed by atoms with Crippen LogP contribution in [0.5, 0.6) is 0 Å². The van der Waals surface area contributed by atoms with Gasteiger partial charge < -0.3 is 5.32 Å². The van der Waals surface area contributed by atoms with Gasteiger partial charge in [-0.25, -0.2) is 0 Å². The lowest BCUT2D eigenvalue weighted by Gasteiger charge is -2.00. The smallest absolute Gasteiger partial charge is 0.0143 e. The van der Waals surface area contributed by atoms with Gasteiger partial charge in [0.05, 0.1) is 0 Å². The number of hydrogen-bond acceptors (Lipinski definition) is 1. The number of hydrogen-bond donors (Lipinski definition) is 1. The molecule has 0 aliphatic rings. The van der Waals surface area contributed by atoms with Gasteiger partial charge in [-0.15, -0.1) is 0 Å². The van der Waals surface area contributed by atoms with E-state index in [0.29, 0.717) is 0 Å². The first-order valence-corrected chi connectivity index (χ1v) is 6.43. The summed E-state index contributed by atoms with van der Waals surface area (Å²) >= 11 is 0. The molecule has 0 amide bonds. The monoisotopic (exact) mass is 215 g/mol. The van der Waals surface area contributed by atoms with Crippen molar-refractivity contribution >= 4 is 0 Å². The molecule has 1 nitrogen and oxygen atoms in total. The van der Waals surface area contributed by atoms with Crippen LogP contribution in [0.3, 0.4) is 0 Å². The molecule has 0 heterocycles. The van der Waals surface area contributed by atoms with Crippen molar-refractivity contribution in [2.24, 2.45) is 5.92 Å². The van der Waals surface area contributed by atoms with E-state index in [9.17, 15) is 0 Å². The molecule has 0 aliphatic carbocycles. The van der Waals surface area contributed by atoms with E-state index < -0.39 is 0 Å². The summed E-state index contributed by atoms with van der Waals surface area (Å²) in [5.74, 6) is 0.884. The minimum atomic E-state index is 0.884. The van der Waals surface area contributed by atoms with Crippen LogP contribution < -0.4 is 5.32 Å². The lowest BCUT2D eigenvalue weighted by Crippen LogP contribution is -2.10. The predicted octanol–water partition coefficient (Wildman–Crippen LogP) is 4.99. The lowest BCUT2D eigenvalue weighted by atomic mass is 10.2. The SMILES string of the molecule is C=C(C)NCCCC.CC.CCC(C)C. The third kappa shape index (κ3) is 42.2. The van der Waals surface area contributed by atoms with Crippen molar-refractivity contribution in [3.63, 3.8) is 0 Å². The normalized spacial score (nSPS) is 8.27. The van der Waals surface area contributed by atoms with Crippen molar-refractivity contribution in [1.29, 1.82) is 0 Å². The molecule has 0 rings (SSSR count). The first-order chi connectivity index (χ1) is 7.04. The molecule has 15 heavy (non-hydrogen) atoms. The molecule has 94 valence electrons. The minimum Gasteiger partial charge on any atom is -0.389 e. The van der Waals surface area contributed by atoms with Crippen LogP contribution >= 0.6 is 0 Å². The Morgan fingerprint density at radius 1 is 1.20 bits per heavy atom. The second-order valence-corrected chi connectivity index (χ2v) is 3.86. The Bertz CT molecular complexity index is 106. The summed E-state index contributed by atoms with van der Waals surface area (Å²) in [5, 5.41) is 3.15. The van der Waals surface area contributed by atoms with E-state index in [4.69, 9.17) is 0 Å². The Hall–Kier alpha value is -0.460. The molecule has 0 radical (unpaired) electrons. The average molecular weight is 215 g/mol. The zero-order valence-electron chi connectivity index (χ0n) is 12.1. The van der Waals surface area contributed by atoms with Crippen molar-refractivity contribution in [3.05, 3.63) is 12.3 Å². The molecule has 0 spiro atoms. The van der Waals surface area contributed by atoms with E-state index in [1.54, 1.807) is 0 Å². The largest absolute Gasteiger partial charge is 0.389 e. The summed E-state index contributed by atoms with van der Waals surface area (Å²) in [6.45, 7) is 19.6. The number of allylic oxidation sites excluding steroid dienone is 1. The zero-order valence-corrected chi connectivity index (χ0v) is 12.1. The second-order valence-electron chi connectivity index (χ2n) is 3.86. The molecule has 0 aromatic carbocycles. The van der Waals surface area contributed by atoms with Gasteiger partial charge in [0.2, 0.25) is 0 Å². The predicted molar refractivity (Wildman–Crippen MR) is 74.2 cm³/mol. The highest BCUT2D eigenvalue weighted by molar-refractivity contribution is 4.83. The molecule has 0 aliphatic heterocycles. The van der Waals surface area contributed by atoms with Gasteiger partial charge in [0.25, 0.3) is 0 Å². The summed E-state index contributed by atoms with van der Waals surface area (Å²) in [5.41, 5.74) is 1.07. The molecule has 0 fully saturated rings. The van der Waals surface area contributed by atoms with E-state index in [1.165, 1.54) is 19.3 Å². The van der Waals surface area contributed by atoms with Crippen LogP contribution in [0, 0.1) is 5.92 Å². The fourth-order valence-electron chi connectivity index (χ4n) is 0.479. The van der Waals surface area contributed by atoms with Gasteiger partial charge in [0.15, 0.2) is 0 Å². The van der Waals surface area contributed by atoms with Gasteiger partial charge in [-0.2, -0.15) is 0 Å². The highest BCUT2D eigenvalue weighted by Crippen LogP contribution is 1.93. The minimum absolute atomic E-state index is 0.884. The van der Waals surface area contributed by atoms with Gasteiger partial charge in [0.1, 0.15) is 0 Å². The molecule has 0 unspecified atom stereocenters. The Morgan fingerprint density at radius 2 is 1.60 bits per heavy atom. The van der Waals surface area contributed by atoms with Crippen molar-refractivity contribution in [3.8, 4) is 0 Å². The van der Waals surface area contributed by atoms with Crippen LogP contribution in [0.1, 0.15) is 67.7 Å². The zero-order chi connectivity index (χ0) is 12.7. The first kappa shape index (κ1) is 20.0. The van der Waals surface area contributed by atoms with E-state index in [0.717, 1.165) is 18.2 Å². The second kappa shape index (κ2) is 19.2. The Balaban J connectivity index is -0.000000177. The van der Waals surface area contributed by atoms with Crippen LogP contribution in [0.15, 0.2) is 12.3 Å². The van der Waals surface area contributed by atoms with Crippen LogP contribution in [-0.4, -0.2) is 6.54 Å². The van der Waals surface area contributed by atoms with Crippen molar-refractivity contribution in [2.75, 3.05) is 6.54 Å². The summed E-state index contributed by atoms with van der Waals surface area (Å²) < 4.78 is 0. The first-order valence-electron chi connectivity index (χ1n) is 6.43. The van der Waals surface area contributed by atoms with Crippen molar-refractivity contribution < 1.29 is 0 Å². The Labute approximate surface area is 98.4 Å². The van der Waals surface area contributed by atoms with Crippen LogP contribution in [0.4, 0.5) is 0 Å². The maximum Gasteiger partial charge on any atom is 0.0143 e. The van der Waals surface area contributed by atoms with Gasteiger partial charge in [0, 0.05) is 12.2 Å². The third-order valence-corrected chi connectivity index (χ3v) is 1.77. The molecule has 0 bridgehead atoms. The molecule has 1 heteroatoms. The van der Waals surface area contributed by atoms with Crippen LogP contribution in [0.2, 0.25) is 0 Å². The fourth-order valence-corrected chi connectivity index (χ4v) is 0.479. The number of unbranched alkanes of at least 4 members (excludes halogenated alkanes) is 1. The third-order valence-electron chi connectivity index (χ3n) is 1.77. The number of rotatable bonds is 5. The van der Waals surface area contributed by atoms with E-state index in [-0.39, 0.29) is 0 Å². The molecule has 0 atom stereocenters. The van der Waals surface area contributed by atoms with Crippen LogP contribution in [0.25, 0.3) is 0 Å². The summed E-state index contributed by atoms with van der Waals surface area (Å²) in [6.07, 6.45) is 3.80. The standard InChI is InChI=1S/C7H15N.C5H12.C2H6/c1-4-5-6-8-7(2)3;1-4-5(2)3;1-2/h8H,2,4-6H2,1,3H3;5H,4H2,1-3H3;1-2H3. The van der Waals surface area contributed by atoms with Gasteiger partial charge >= 0.3 is 0 Å². The van der Waals surface area contributed by atoms with E-state index in [2.05, 4.69) is 39.6 Å². The maximum absolute atomic E-state index is 3.72. The number of nitrogens with one attached hydrogen (secondary N) is 1. The van der Waals surface area contributed by atoms with E-state index >= 15 is 0 Å². The van der Waals surface area contributed by atoms with Gasteiger partial charge in [-0.05, 0) is 19.3 Å². The summed E-state index contributed by atoms with van der Waals surface area (Å²) in [7, 11) is 0.